The Balaban J connectivity index is 2.27. The molecule has 6 heteroatoms. The number of rotatable bonds is 5. The number of phenolic OH excluding ortho intramolecular Hbond substituents is 2. The smallest absolute Gasteiger partial charge is 0.171 e. The van der Waals surface area contributed by atoms with Crippen LogP contribution in [0.4, 0.5) is 0 Å². The summed E-state index contributed by atoms with van der Waals surface area (Å²) in [6.07, 6.45) is 0.0506. The first-order chi connectivity index (χ1) is 10.5. The first-order valence-corrected chi connectivity index (χ1v) is 6.79. The van der Waals surface area contributed by atoms with Crippen LogP contribution in [0.2, 0.25) is 5.02 Å². The van der Waals surface area contributed by atoms with Crippen LogP contribution in [0.1, 0.15) is 15.9 Å². The topological polar surface area (TPSA) is 76.0 Å². The minimum absolute atomic E-state index is 0.00783. The third-order valence-corrected chi connectivity index (χ3v) is 3.48. The molecule has 0 bridgehead atoms. The van der Waals surface area contributed by atoms with Gasteiger partial charge in [-0.05, 0) is 23.8 Å². The second-order valence-electron chi connectivity index (χ2n) is 4.61. The number of phenols is 2. The van der Waals surface area contributed by atoms with Crippen molar-refractivity contribution >= 4 is 17.4 Å². The van der Waals surface area contributed by atoms with Gasteiger partial charge in [0, 0.05) is 12.5 Å². The van der Waals surface area contributed by atoms with Crippen LogP contribution < -0.4 is 9.47 Å². The van der Waals surface area contributed by atoms with Crippen LogP contribution in [0.25, 0.3) is 0 Å². The Hall–Kier alpha value is -2.40. The highest BCUT2D eigenvalue weighted by Gasteiger charge is 2.16. The highest BCUT2D eigenvalue weighted by Crippen LogP contribution is 2.32. The number of methoxy groups -OCH3 is 2. The Morgan fingerprint density at radius 3 is 2.36 bits per heavy atom. The fourth-order valence-corrected chi connectivity index (χ4v) is 2.21. The summed E-state index contributed by atoms with van der Waals surface area (Å²) < 4.78 is 10.3. The normalized spacial score (nSPS) is 10.3. The Bertz CT molecular complexity index is 712. The van der Waals surface area contributed by atoms with Crippen LogP contribution in [0.15, 0.2) is 30.3 Å². The maximum atomic E-state index is 12.3. The van der Waals surface area contributed by atoms with Gasteiger partial charge in [-0.15, -0.1) is 0 Å². The van der Waals surface area contributed by atoms with E-state index < -0.39 is 0 Å². The van der Waals surface area contributed by atoms with Crippen LogP contribution in [0.5, 0.6) is 23.0 Å². The fourth-order valence-electron chi connectivity index (χ4n) is 2.05. The molecule has 0 saturated carbocycles. The molecular formula is C16H15ClO5. The van der Waals surface area contributed by atoms with Crippen molar-refractivity contribution in [1.29, 1.82) is 0 Å². The van der Waals surface area contributed by atoms with Crippen molar-refractivity contribution < 1.29 is 24.5 Å². The molecule has 2 aromatic rings. The molecule has 0 aliphatic heterocycles. The summed E-state index contributed by atoms with van der Waals surface area (Å²) in [5.74, 6) is 0.163. The Morgan fingerprint density at radius 2 is 1.73 bits per heavy atom. The van der Waals surface area contributed by atoms with Crippen molar-refractivity contribution in [3.8, 4) is 23.0 Å². The molecule has 0 unspecified atom stereocenters. The van der Waals surface area contributed by atoms with Crippen molar-refractivity contribution in [2.24, 2.45) is 0 Å². The van der Waals surface area contributed by atoms with Crippen LogP contribution in [-0.2, 0) is 6.42 Å². The highest BCUT2D eigenvalue weighted by molar-refractivity contribution is 6.32. The predicted octanol–water partition coefficient (Wildman–Crippen LogP) is 3.19. The van der Waals surface area contributed by atoms with Crippen LogP contribution >= 0.6 is 11.6 Å². The average molecular weight is 323 g/mol. The summed E-state index contributed by atoms with van der Waals surface area (Å²) in [4.78, 5) is 12.3. The van der Waals surface area contributed by atoms with E-state index in [1.54, 1.807) is 18.2 Å². The molecular weight excluding hydrogens is 308 g/mol. The minimum Gasteiger partial charge on any atom is -0.507 e. The van der Waals surface area contributed by atoms with E-state index >= 15 is 0 Å². The molecule has 0 saturated heterocycles. The molecule has 5 nitrogen and oxygen atoms in total. The lowest BCUT2D eigenvalue weighted by atomic mass is 10.0. The number of ketones is 1. The number of carbonyl (C=O) groups is 1. The van der Waals surface area contributed by atoms with Crippen molar-refractivity contribution in [3.05, 3.63) is 46.5 Å². The molecule has 0 spiro atoms. The van der Waals surface area contributed by atoms with Crippen molar-refractivity contribution in [2.45, 2.75) is 6.42 Å². The average Bonchev–Trinajstić information content (AvgIpc) is 2.50. The third kappa shape index (κ3) is 3.26. The molecule has 0 aromatic heterocycles. The van der Waals surface area contributed by atoms with Gasteiger partial charge in [-0.2, -0.15) is 0 Å². The number of ether oxygens (including phenoxy) is 2. The quantitative estimate of drug-likeness (QED) is 0.827. The summed E-state index contributed by atoms with van der Waals surface area (Å²) in [5, 5.41) is 19.2. The number of hydrogen-bond donors (Lipinski definition) is 2. The molecule has 0 heterocycles. The number of benzene rings is 2. The first kappa shape index (κ1) is 16.0. The van der Waals surface area contributed by atoms with Crippen molar-refractivity contribution in [1.82, 2.24) is 0 Å². The lowest BCUT2D eigenvalue weighted by molar-refractivity contribution is 0.0990. The molecule has 2 aromatic carbocycles. The van der Waals surface area contributed by atoms with Gasteiger partial charge in [-0.25, -0.2) is 0 Å². The van der Waals surface area contributed by atoms with Crippen LogP contribution in [0, 0.1) is 0 Å². The van der Waals surface area contributed by atoms with Gasteiger partial charge >= 0.3 is 0 Å². The largest absolute Gasteiger partial charge is 0.507 e. The van der Waals surface area contributed by atoms with Gasteiger partial charge in [0.05, 0.1) is 24.8 Å². The molecule has 0 aliphatic rings. The Morgan fingerprint density at radius 1 is 1.05 bits per heavy atom. The van der Waals surface area contributed by atoms with Gasteiger partial charge in [0.2, 0.25) is 0 Å². The van der Waals surface area contributed by atoms with Gasteiger partial charge in [0.25, 0.3) is 0 Å². The van der Waals surface area contributed by atoms with Crippen LogP contribution in [-0.4, -0.2) is 30.2 Å². The maximum absolute atomic E-state index is 12.3. The third-order valence-electron chi connectivity index (χ3n) is 3.18. The zero-order chi connectivity index (χ0) is 16.3. The van der Waals surface area contributed by atoms with Gasteiger partial charge < -0.3 is 19.7 Å². The molecule has 2 N–H and O–H groups in total. The highest BCUT2D eigenvalue weighted by atomic mass is 35.5. The number of Topliss-reactive ketones (excluding diaryl/α,β-unsaturated/α-hetero) is 1. The zero-order valence-corrected chi connectivity index (χ0v) is 12.8. The van der Waals surface area contributed by atoms with E-state index in [0.29, 0.717) is 17.1 Å². The molecule has 0 aliphatic carbocycles. The van der Waals surface area contributed by atoms with E-state index in [1.807, 2.05) is 0 Å². The minimum atomic E-state index is -0.327. The van der Waals surface area contributed by atoms with Gasteiger partial charge in [0.1, 0.15) is 11.5 Å². The first-order valence-electron chi connectivity index (χ1n) is 6.41. The summed E-state index contributed by atoms with van der Waals surface area (Å²) in [6, 6.07) is 7.42. The maximum Gasteiger partial charge on any atom is 0.171 e. The van der Waals surface area contributed by atoms with Gasteiger partial charge in [-0.3, -0.25) is 4.79 Å². The monoisotopic (exact) mass is 322 g/mol. The molecule has 0 amide bonds. The molecule has 0 fully saturated rings. The summed E-state index contributed by atoms with van der Waals surface area (Å²) in [6.45, 7) is 0. The Kier molecular flexibility index (Phi) is 4.78. The van der Waals surface area contributed by atoms with Crippen molar-refractivity contribution in [2.75, 3.05) is 14.2 Å². The SMILES string of the molecule is COc1ccc(CC(=O)c2cc(Cl)c(O)cc2O)cc1OC. The molecule has 22 heavy (non-hydrogen) atoms. The number of aromatic hydroxyl groups is 2. The molecule has 0 radical (unpaired) electrons. The van der Waals surface area contributed by atoms with E-state index in [9.17, 15) is 15.0 Å². The number of halogens is 1. The predicted molar refractivity (Wildman–Crippen MR) is 82.4 cm³/mol. The van der Waals surface area contributed by atoms with Gasteiger partial charge in [0.15, 0.2) is 17.3 Å². The lowest BCUT2D eigenvalue weighted by Gasteiger charge is -2.10. The van der Waals surface area contributed by atoms with E-state index in [2.05, 4.69) is 0 Å². The van der Waals surface area contributed by atoms with Crippen LogP contribution in [0.3, 0.4) is 0 Å². The summed E-state index contributed by atoms with van der Waals surface area (Å²) in [7, 11) is 3.04. The lowest BCUT2D eigenvalue weighted by Crippen LogP contribution is -2.04. The van der Waals surface area contributed by atoms with E-state index in [4.69, 9.17) is 21.1 Å². The second-order valence-corrected chi connectivity index (χ2v) is 5.02. The molecule has 0 atom stereocenters. The molecule has 116 valence electrons. The van der Waals surface area contributed by atoms with Crippen molar-refractivity contribution in [3.63, 3.8) is 0 Å². The van der Waals surface area contributed by atoms with E-state index in [-0.39, 0.29) is 34.3 Å². The number of carbonyl (C=O) groups excluding carboxylic acids is 1. The second kappa shape index (κ2) is 6.58. The number of hydrogen-bond acceptors (Lipinski definition) is 5. The summed E-state index contributed by atoms with van der Waals surface area (Å²) in [5.41, 5.74) is 0.754. The zero-order valence-electron chi connectivity index (χ0n) is 12.1. The van der Waals surface area contributed by atoms with Gasteiger partial charge in [-0.1, -0.05) is 17.7 Å². The fraction of sp³-hybridized carbons (Fsp3) is 0.188. The molecule has 2 rings (SSSR count). The Labute approximate surface area is 132 Å². The van der Waals surface area contributed by atoms with E-state index in [0.717, 1.165) is 6.07 Å². The van der Waals surface area contributed by atoms with E-state index in [1.165, 1.54) is 20.3 Å². The summed E-state index contributed by atoms with van der Waals surface area (Å²) >= 11 is 5.77. The standard InChI is InChI=1S/C16H15ClO5/c1-21-15-4-3-9(6-16(15)22-2)5-12(18)10-7-11(17)14(20)8-13(10)19/h3-4,6-8,19-20H,5H2,1-2H3.